The zero-order chi connectivity index (χ0) is 33.0. The normalized spacial score (nSPS) is 12.9. The third-order valence-electron chi connectivity index (χ3n) is 7.30. The first-order valence-electron chi connectivity index (χ1n) is 14.4. The highest BCUT2D eigenvalue weighted by atomic mass is 16.5. The number of benzene rings is 3. The van der Waals surface area contributed by atoms with Gasteiger partial charge in [-0.05, 0) is 75.1 Å². The van der Waals surface area contributed by atoms with Crippen LogP contribution in [0.15, 0.2) is 54.6 Å². The Morgan fingerprint density at radius 3 is 1.71 bits per heavy atom. The summed E-state index contributed by atoms with van der Waals surface area (Å²) in [6, 6.07) is 13.4. The highest BCUT2D eigenvalue weighted by Gasteiger charge is 2.45. The van der Waals surface area contributed by atoms with Crippen LogP contribution in [0.4, 0.5) is 11.4 Å². The van der Waals surface area contributed by atoms with Gasteiger partial charge in [0.15, 0.2) is 13.2 Å². The Hall–Kier alpha value is -5.32. The lowest BCUT2D eigenvalue weighted by Crippen LogP contribution is -2.49. The summed E-state index contributed by atoms with van der Waals surface area (Å²) in [5, 5.41) is 5.36. The summed E-state index contributed by atoms with van der Waals surface area (Å²) >= 11 is 0. The zero-order valence-electron chi connectivity index (χ0n) is 26.0. The van der Waals surface area contributed by atoms with Crippen molar-refractivity contribution in [2.75, 3.05) is 23.8 Å². The van der Waals surface area contributed by atoms with Gasteiger partial charge in [0.05, 0.1) is 16.7 Å². The minimum absolute atomic E-state index is 0.00446. The molecule has 234 valence electrons. The molecule has 0 aromatic heterocycles. The van der Waals surface area contributed by atoms with Gasteiger partial charge in [-0.2, -0.15) is 0 Å². The highest BCUT2D eigenvalue weighted by Crippen LogP contribution is 2.29. The Bertz CT molecular complexity index is 1710. The number of hydrogen-bond acceptors (Lipinski definition) is 8. The second-order valence-electron chi connectivity index (χ2n) is 11.3. The predicted molar refractivity (Wildman–Crippen MR) is 166 cm³/mol. The summed E-state index contributed by atoms with van der Waals surface area (Å²) in [7, 11) is 0. The van der Waals surface area contributed by atoms with Gasteiger partial charge in [-0.15, -0.1) is 0 Å². The number of nitrogens with zero attached hydrogens (tertiary/aromatic N) is 1. The number of esters is 2. The van der Waals surface area contributed by atoms with E-state index < -0.39 is 60.7 Å². The van der Waals surface area contributed by atoms with E-state index in [9.17, 15) is 28.8 Å². The van der Waals surface area contributed by atoms with Crippen LogP contribution in [0.25, 0.3) is 0 Å². The molecule has 2 N–H and O–H groups in total. The van der Waals surface area contributed by atoms with E-state index in [1.165, 1.54) is 18.2 Å². The van der Waals surface area contributed by atoms with Crippen molar-refractivity contribution < 1.29 is 38.2 Å². The van der Waals surface area contributed by atoms with E-state index in [0.717, 1.165) is 27.2 Å². The number of aryl methyl sites for hydroxylation is 4. The minimum Gasteiger partial charge on any atom is -0.454 e. The average molecular weight is 614 g/mol. The molecule has 0 radical (unpaired) electrons. The molecule has 0 saturated heterocycles. The lowest BCUT2D eigenvalue weighted by atomic mass is 10.0. The Morgan fingerprint density at radius 2 is 1.20 bits per heavy atom. The molecule has 4 rings (SSSR count). The second kappa shape index (κ2) is 13.5. The molecule has 3 aromatic carbocycles. The van der Waals surface area contributed by atoms with E-state index in [2.05, 4.69) is 10.6 Å². The maximum Gasteiger partial charge on any atom is 0.338 e. The quantitative estimate of drug-likeness (QED) is 0.251. The van der Waals surface area contributed by atoms with Crippen molar-refractivity contribution in [3.63, 3.8) is 0 Å². The fourth-order valence-electron chi connectivity index (χ4n) is 5.03. The van der Waals surface area contributed by atoms with Crippen LogP contribution in [-0.2, 0) is 23.9 Å². The molecule has 0 spiro atoms. The summed E-state index contributed by atoms with van der Waals surface area (Å²) in [6.07, 6.45) is 0. The van der Waals surface area contributed by atoms with Crippen molar-refractivity contribution in [3.8, 4) is 0 Å². The fourth-order valence-corrected chi connectivity index (χ4v) is 5.03. The number of rotatable bonds is 10. The largest absolute Gasteiger partial charge is 0.454 e. The lowest BCUT2D eigenvalue weighted by Gasteiger charge is -2.27. The molecule has 1 unspecified atom stereocenters. The summed E-state index contributed by atoms with van der Waals surface area (Å²) < 4.78 is 10.4. The Balaban J connectivity index is 1.40. The van der Waals surface area contributed by atoms with Crippen molar-refractivity contribution >= 4 is 46.9 Å². The molecule has 1 aliphatic heterocycles. The van der Waals surface area contributed by atoms with Crippen molar-refractivity contribution in [2.45, 2.75) is 47.6 Å². The number of carbonyl (C=O) groups excluding carboxylic acids is 6. The van der Waals surface area contributed by atoms with Crippen LogP contribution in [0.2, 0.25) is 0 Å². The Labute approximate surface area is 260 Å². The molecular weight excluding hydrogens is 578 g/mol. The molecule has 0 aliphatic carbocycles. The molecular formula is C34H35N3O8. The van der Waals surface area contributed by atoms with Crippen LogP contribution in [0.1, 0.15) is 67.2 Å². The number of anilines is 2. The van der Waals surface area contributed by atoms with Gasteiger partial charge >= 0.3 is 11.9 Å². The maximum absolute atomic E-state index is 13.4. The van der Waals surface area contributed by atoms with Crippen molar-refractivity contribution in [1.82, 2.24) is 4.90 Å². The van der Waals surface area contributed by atoms with Crippen LogP contribution in [0.5, 0.6) is 0 Å². The summed E-state index contributed by atoms with van der Waals surface area (Å²) in [5.41, 5.74) is 4.75. The van der Waals surface area contributed by atoms with Crippen molar-refractivity contribution in [1.29, 1.82) is 0 Å². The summed E-state index contributed by atoms with van der Waals surface area (Å²) in [5.74, 6) is -5.01. The molecule has 0 saturated carbocycles. The molecule has 11 heteroatoms. The summed E-state index contributed by atoms with van der Waals surface area (Å²) in [4.78, 5) is 78.1. The first kappa shape index (κ1) is 32.6. The van der Waals surface area contributed by atoms with Gasteiger partial charge in [-0.3, -0.25) is 24.1 Å². The van der Waals surface area contributed by atoms with Gasteiger partial charge in [0, 0.05) is 11.4 Å². The van der Waals surface area contributed by atoms with Crippen molar-refractivity contribution in [3.05, 3.63) is 93.5 Å². The lowest BCUT2D eigenvalue weighted by molar-refractivity contribution is -0.152. The van der Waals surface area contributed by atoms with Gasteiger partial charge in [0.1, 0.15) is 6.04 Å². The third-order valence-corrected chi connectivity index (χ3v) is 7.30. The number of amides is 4. The van der Waals surface area contributed by atoms with Crippen LogP contribution < -0.4 is 10.6 Å². The van der Waals surface area contributed by atoms with E-state index in [-0.39, 0.29) is 16.7 Å². The van der Waals surface area contributed by atoms with Gasteiger partial charge in [-0.25, -0.2) is 9.59 Å². The number of nitrogens with one attached hydrogen (secondary N) is 2. The number of hydrogen-bond donors (Lipinski definition) is 2. The van der Waals surface area contributed by atoms with Crippen molar-refractivity contribution in [2.24, 2.45) is 5.92 Å². The van der Waals surface area contributed by atoms with E-state index >= 15 is 0 Å². The fraction of sp³-hybridized carbons (Fsp3) is 0.294. The van der Waals surface area contributed by atoms with E-state index in [0.29, 0.717) is 11.4 Å². The second-order valence-corrected chi connectivity index (χ2v) is 11.3. The molecule has 45 heavy (non-hydrogen) atoms. The molecule has 0 bridgehead atoms. The Kier molecular flexibility index (Phi) is 9.81. The molecule has 0 fully saturated rings. The SMILES string of the molecule is Cc1ccc(NC(=O)COC(=O)c2ccc3c(c2)C(=O)N(C(C(=O)OCC(=O)Nc2ccc(C)cc2C)C(C)C)C3=O)c(C)c1. The molecule has 3 aromatic rings. The third kappa shape index (κ3) is 7.43. The molecule has 4 amide bonds. The standard InChI is InChI=1S/C34H35N3O8/c1-18(2)30(34(43)45-17-29(39)36-27-12-8-20(4)14-22(27)6)37-31(40)24-10-9-23(15-25(24)32(37)41)33(42)44-16-28(38)35-26-11-7-19(3)13-21(26)5/h7-15,18,30H,16-17H2,1-6H3,(H,35,38)(H,36,39). The molecule has 11 nitrogen and oxygen atoms in total. The number of ether oxygens (including phenoxy) is 2. The molecule has 1 heterocycles. The number of fused-ring (bicyclic) bond motifs is 1. The van der Waals surface area contributed by atoms with Crippen LogP contribution in [0, 0.1) is 33.6 Å². The van der Waals surface area contributed by atoms with Crippen LogP contribution >= 0.6 is 0 Å². The minimum atomic E-state index is -1.32. The monoisotopic (exact) mass is 613 g/mol. The molecule has 1 atom stereocenters. The highest BCUT2D eigenvalue weighted by molar-refractivity contribution is 6.23. The van der Waals surface area contributed by atoms with E-state index in [1.807, 2.05) is 52.0 Å². The van der Waals surface area contributed by atoms with E-state index in [1.54, 1.807) is 26.0 Å². The maximum atomic E-state index is 13.4. The topological polar surface area (TPSA) is 148 Å². The Morgan fingerprint density at radius 1 is 0.689 bits per heavy atom. The van der Waals surface area contributed by atoms with Gasteiger partial charge < -0.3 is 20.1 Å². The van der Waals surface area contributed by atoms with Crippen LogP contribution in [0.3, 0.4) is 0 Å². The average Bonchev–Trinajstić information content (AvgIpc) is 3.22. The zero-order valence-corrected chi connectivity index (χ0v) is 26.0. The predicted octanol–water partition coefficient (Wildman–Crippen LogP) is 4.52. The van der Waals surface area contributed by atoms with E-state index in [4.69, 9.17) is 9.47 Å². The molecule has 1 aliphatic rings. The van der Waals surface area contributed by atoms with Crippen LogP contribution in [-0.4, -0.2) is 59.7 Å². The van der Waals surface area contributed by atoms with Gasteiger partial charge in [-0.1, -0.05) is 49.2 Å². The summed E-state index contributed by atoms with van der Waals surface area (Å²) in [6.45, 7) is 9.61. The first-order chi connectivity index (χ1) is 21.3. The van der Waals surface area contributed by atoms with Gasteiger partial charge in [0.25, 0.3) is 23.6 Å². The number of carbonyl (C=O) groups is 6. The number of imide groups is 1. The first-order valence-corrected chi connectivity index (χ1v) is 14.4. The van der Waals surface area contributed by atoms with Gasteiger partial charge in [0.2, 0.25) is 0 Å². The smallest absolute Gasteiger partial charge is 0.338 e.